The molecule has 0 atom stereocenters. The van der Waals surface area contributed by atoms with Crippen molar-refractivity contribution in [3.8, 4) is 5.75 Å². The van der Waals surface area contributed by atoms with Crippen molar-refractivity contribution in [1.82, 2.24) is 4.98 Å². The molecule has 3 rings (SSSR count). The van der Waals surface area contributed by atoms with E-state index in [0.717, 1.165) is 18.8 Å². The first kappa shape index (κ1) is 20.2. The second-order valence-electron chi connectivity index (χ2n) is 6.46. The van der Waals surface area contributed by atoms with Crippen molar-refractivity contribution in [3.63, 3.8) is 0 Å². The van der Waals surface area contributed by atoms with Gasteiger partial charge in [0.25, 0.3) is 5.91 Å². The summed E-state index contributed by atoms with van der Waals surface area (Å²) < 4.78 is 5.16. The van der Waals surface area contributed by atoms with Crippen LogP contribution >= 0.6 is 0 Å². The highest BCUT2D eigenvalue weighted by molar-refractivity contribution is 6.04. The van der Waals surface area contributed by atoms with Crippen LogP contribution in [-0.2, 0) is 0 Å². The summed E-state index contributed by atoms with van der Waals surface area (Å²) in [7, 11) is 1.57. The molecule has 0 fully saturated rings. The van der Waals surface area contributed by atoms with E-state index >= 15 is 0 Å². The number of rotatable bonds is 8. The molecule has 0 saturated carbocycles. The van der Waals surface area contributed by atoms with Crippen LogP contribution in [0.1, 0.15) is 24.2 Å². The average Bonchev–Trinajstić information content (AvgIpc) is 2.77. The first-order chi connectivity index (χ1) is 14.1. The zero-order chi connectivity index (χ0) is 20.6. The molecule has 0 saturated heterocycles. The number of nitrogens with one attached hydrogen (secondary N) is 2. The molecule has 6 nitrogen and oxygen atoms in total. The lowest BCUT2D eigenvalue weighted by atomic mass is 10.2. The number of anilines is 4. The van der Waals surface area contributed by atoms with Crippen molar-refractivity contribution < 1.29 is 9.53 Å². The second-order valence-corrected chi connectivity index (χ2v) is 6.46. The summed E-state index contributed by atoms with van der Waals surface area (Å²) in [4.78, 5) is 19.1. The topological polar surface area (TPSA) is 66.5 Å². The number of hydrogen-bond acceptors (Lipinski definition) is 5. The molecular weight excluding hydrogens is 364 g/mol. The number of carbonyl (C=O) groups is 1. The number of aromatic nitrogens is 1. The van der Waals surface area contributed by atoms with Crippen molar-refractivity contribution in [1.29, 1.82) is 0 Å². The Morgan fingerprint density at radius 2 is 1.72 bits per heavy atom. The van der Waals surface area contributed by atoms with Gasteiger partial charge in [0, 0.05) is 30.0 Å². The van der Waals surface area contributed by atoms with E-state index in [1.165, 1.54) is 5.69 Å². The molecule has 0 radical (unpaired) electrons. The van der Waals surface area contributed by atoms with Crippen LogP contribution in [0.2, 0.25) is 0 Å². The van der Waals surface area contributed by atoms with Gasteiger partial charge in [-0.15, -0.1) is 0 Å². The molecule has 2 N–H and O–H groups in total. The largest absolute Gasteiger partial charge is 0.497 e. The molecule has 0 unspecified atom stereocenters. The fraction of sp³-hybridized carbons (Fsp3) is 0.217. The van der Waals surface area contributed by atoms with Gasteiger partial charge in [0.2, 0.25) is 0 Å². The number of carbonyl (C=O) groups excluding carboxylic acids is 1. The Morgan fingerprint density at radius 3 is 2.34 bits per heavy atom. The van der Waals surface area contributed by atoms with E-state index in [2.05, 4.69) is 46.5 Å². The van der Waals surface area contributed by atoms with E-state index < -0.39 is 0 Å². The summed E-state index contributed by atoms with van der Waals surface area (Å²) in [5.41, 5.74) is 3.31. The molecule has 3 aromatic rings. The summed E-state index contributed by atoms with van der Waals surface area (Å²) in [5.74, 6) is 1.14. The maximum absolute atomic E-state index is 12.4. The van der Waals surface area contributed by atoms with Gasteiger partial charge >= 0.3 is 0 Å². The molecule has 2 aromatic carbocycles. The summed E-state index contributed by atoms with van der Waals surface area (Å²) >= 11 is 0. The molecular formula is C23H26N4O2. The lowest BCUT2D eigenvalue weighted by molar-refractivity contribution is 0.102. The average molecular weight is 390 g/mol. The van der Waals surface area contributed by atoms with Gasteiger partial charge in [0.1, 0.15) is 11.6 Å². The molecule has 1 heterocycles. The number of benzene rings is 2. The third kappa shape index (κ3) is 5.25. The number of ether oxygens (including phenoxy) is 1. The zero-order valence-electron chi connectivity index (χ0n) is 17.0. The van der Waals surface area contributed by atoms with Gasteiger partial charge in [0.15, 0.2) is 0 Å². The molecule has 0 spiro atoms. The summed E-state index contributed by atoms with van der Waals surface area (Å²) in [6.07, 6.45) is 1.63. The third-order valence-corrected chi connectivity index (χ3v) is 4.62. The first-order valence-electron chi connectivity index (χ1n) is 9.66. The van der Waals surface area contributed by atoms with Crippen molar-refractivity contribution >= 4 is 28.8 Å². The van der Waals surface area contributed by atoms with Gasteiger partial charge in [-0.05, 0) is 68.4 Å². The molecule has 1 aromatic heterocycles. The molecule has 0 bridgehead atoms. The highest BCUT2D eigenvalue weighted by Crippen LogP contribution is 2.21. The number of methoxy groups -OCH3 is 1. The minimum atomic E-state index is -0.210. The van der Waals surface area contributed by atoms with E-state index in [1.54, 1.807) is 37.6 Å². The minimum absolute atomic E-state index is 0.210. The van der Waals surface area contributed by atoms with Crippen molar-refractivity contribution in [2.75, 3.05) is 35.7 Å². The Kier molecular flexibility index (Phi) is 6.68. The predicted octanol–water partition coefficient (Wildman–Crippen LogP) is 4.93. The number of nitrogens with zero attached hydrogens (tertiary/aromatic N) is 2. The smallest absolute Gasteiger partial charge is 0.255 e. The zero-order valence-corrected chi connectivity index (χ0v) is 17.0. The number of pyridine rings is 1. The summed E-state index contributed by atoms with van der Waals surface area (Å²) in [6, 6.07) is 18.9. The van der Waals surface area contributed by atoms with Gasteiger partial charge in [-0.25, -0.2) is 4.98 Å². The van der Waals surface area contributed by atoms with E-state index in [9.17, 15) is 4.79 Å². The van der Waals surface area contributed by atoms with E-state index in [0.29, 0.717) is 22.8 Å². The van der Waals surface area contributed by atoms with Crippen LogP contribution in [0, 0.1) is 0 Å². The summed E-state index contributed by atoms with van der Waals surface area (Å²) in [6.45, 7) is 6.25. The lowest BCUT2D eigenvalue weighted by Gasteiger charge is -2.21. The Bertz CT molecular complexity index is 936. The van der Waals surface area contributed by atoms with Gasteiger partial charge in [-0.3, -0.25) is 4.79 Å². The Morgan fingerprint density at radius 1 is 1.00 bits per heavy atom. The van der Waals surface area contributed by atoms with Crippen molar-refractivity contribution in [2.45, 2.75) is 13.8 Å². The fourth-order valence-corrected chi connectivity index (χ4v) is 3.00. The molecule has 0 aliphatic heterocycles. The quantitative estimate of drug-likeness (QED) is 0.571. The van der Waals surface area contributed by atoms with E-state index in [-0.39, 0.29) is 5.91 Å². The minimum Gasteiger partial charge on any atom is -0.497 e. The van der Waals surface area contributed by atoms with Crippen LogP contribution in [0.5, 0.6) is 5.75 Å². The standard InChI is InChI=1S/C23H26N4O2/c1-4-27(5-2)20-12-9-18(10-13-20)25-22-14-11-19(16-24-22)26-23(28)17-7-6-8-21(15-17)29-3/h6-16H,4-5H2,1-3H3,(H,24,25)(H,26,28). The number of amides is 1. The molecule has 150 valence electrons. The SMILES string of the molecule is CCN(CC)c1ccc(Nc2ccc(NC(=O)c3cccc(OC)c3)cn2)cc1. The monoisotopic (exact) mass is 390 g/mol. The second kappa shape index (κ2) is 9.59. The van der Waals surface area contributed by atoms with Crippen LogP contribution in [0.3, 0.4) is 0 Å². The number of hydrogen-bond donors (Lipinski definition) is 2. The van der Waals surface area contributed by atoms with Crippen molar-refractivity contribution in [2.24, 2.45) is 0 Å². The molecule has 0 aliphatic rings. The van der Waals surface area contributed by atoms with Crippen molar-refractivity contribution in [3.05, 3.63) is 72.4 Å². The van der Waals surface area contributed by atoms with Crippen LogP contribution in [0.4, 0.5) is 22.9 Å². The summed E-state index contributed by atoms with van der Waals surface area (Å²) in [5, 5.41) is 6.12. The Balaban J connectivity index is 1.62. The Hall–Kier alpha value is -3.54. The highest BCUT2D eigenvalue weighted by Gasteiger charge is 2.08. The molecule has 29 heavy (non-hydrogen) atoms. The third-order valence-electron chi connectivity index (χ3n) is 4.62. The van der Waals surface area contributed by atoms with Gasteiger partial charge < -0.3 is 20.3 Å². The van der Waals surface area contributed by atoms with Crippen LogP contribution in [0.25, 0.3) is 0 Å². The first-order valence-corrected chi connectivity index (χ1v) is 9.66. The van der Waals surface area contributed by atoms with Crippen LogP contribution < -0.4 is 20.3 Å². The van der Waals surface area contributed by atoms with Gasteiger partial charge in [-0.2, -0.15) is 0 Å². The molecule has 6 heteroatoms. The normalized spacial score (nSPS) is 10.3. The van der Waals surface area contributed by atoms with Crippen LogP contribution in [-0.4, -0.2) is 31.1 Å². The van der Waals surface area contributed by atoms with Gasteiger partial charge in [-0.1, -0.05) is 6.07 Å². The fourth-order valence-electron chi connectivity index (χ4n) is 3.00. The lowest BCUT2D eigenvalue weighted by Crippen LogP contribution is -2.21. The molecule has 1 amide bonds. The van der Waals surface area contributed by atoms with Gasteiger partial charge in [0.05, 0.1) is 19.0 Å². The van der Waals surface area contributed by atoms with E-state index in [4.69, 9.17) is 4.74 Å². The van der Waals surface area contributed by atoms with E-state index in [1.807, 2.05) is 24.3 Å². The predicted molar refractivity (Wildman–Crippen MR) is 118 cm³/mol. The Labute approximate surface area is 171 Å². The maximum atomic E-state index is 12.4. The molecule has 0 aliphatic carbocycles. The maximum Gasteiger partial charge on any atom is 0.255 e. The highest BCUT2D eigenvalue weighted by atomic mass is 16.5. The van der Waals surface area contributed by atoms with Crippen LogP contribution in [0.15, 0.2) is 66.9 Å².